The molecule has 4 aliphatic rings. The van der Waals surface area contributed by atoms with Gasteiger partial charge in [-0.05, 0) is 55.1 Å². The van der Waals surface area contributed by atoms with Gasteiger partial charge in [0, 0.05) is 36.3 Å². The van der Waals surface area contributed by atoms with Crippen LogP contribution >= 0.6 is 0 Å². The zero-order valence-electron chi connectivity index (χ0n) is 14.9. The van der Waals surface area contributed by atoms with Gasteiger partial charge in [0.25, 0.3) is 5.91 Å². The van der Waals surface area contributed by atoms with Crippen molar-refractivity contribution in [2.45, 2.75) is 32.2 Å². The maximum Gasteiger partial charge on any atom is 0.252 e. The van der Waals surface area contributed by atoms with Crippen molar-refractivity contribution in [1.29, 1.82) is 0 Å². The van der Waals surface area contributed by atoms with Crippen LogP contribution in [0.3, 0.4) is 0 Å². The molecule has 0 radical (unpaired) electrons. The summed E-state index contributed by atoms with van der Waals surface area (Å²) < 4.78 is 0. The molecule has 6 heteroatoms. The van der Waals surface area contributed by atoms with E-state index in [4.69, 9.17) is 0 Å². The molecule has 3 N–H and O–H groups in total. The van der Waals surface area contributed by atoms with E-state index in [1.807, 2.05) is 19.1 Å². The minimum atomic E-state index is -0.154. The number of amides is 2. The minimum absolute atomic E-state index is 0.0228. The molecule has 4 saturated carbocycles. The topological polar surface area (TPSA) is 86.9 Å². The van der Waals surface area contributed by atoms with Crippen LogP contribution in [0.1, 0.15) is 36.5 Å². The van der Waals surface area contributed by atoms with Crippen LogP contribution in [-0.2, 0) is 4.79 Å². The Morgan fingerprint density at radius 2 is 2.15 bits per heavy atom. The number of rotatable bonds is 6. The van der Waals surface area contributed by atoms with Crippen LogP contribution in [0.25, 0.3) is 11.0 Å². The number of pyridine rings is 1. The van der Waals surface area contributed by atoms with Crippen molar-refractivity contribution in [3.8, 4) is 0 Å². The molecule has 4 fully saturated rings. The third-order valence-corrected chi connectivity index (χ3v) is 6.78. The molecular formula is C20H24N4O2. The highest BCUT2D eigenvalue weighted by atomic mass is 16.2. The number of H-pyrrole nitrogens is 1. The number of fused-ring (bicyclic) bond motifs is 1. The highest BCUT2D eigenvalue weighted by molar-refractivity contribution is 5.96. The number of nitrogens with one attached hydrogen (secondary N) is 3. The predicted molar refractivity (Wildman–Crippen MR) is 97.3 cm³/mol. The third-order valence-electron chi connectivity index (χ3n) is 6.78. The smallest absolute Gasteiger partial charge is 0.252 e. The summed E-state index contributed by atoms with van der Waals surface area (Å²) in [6.45, 7) is 2.49. The maximum atomic E-state index is 12.7. The molecule has 2 aromatic heterocycles. The Bertz CT molecular complexity index is 862. The number of carbonyl (C=O) groups excluding carboxylic acids is 2. The van der Waals surface area contributed by atoms with E-state index < -0.39 is 0 Å². The fraction of sp³-hybridized carbons (Fsp3) is 0.550. The second-order valence-corrected chi connectivity index (χ2v) is 8.13. The van der Waals surface area contributed by atoms with E-state index in [9.17, 15) is 9.59 Å². The molecule has 136 valence electrons. The van der Waals surface area contributed by atoms with Gasteiger partial charge in [0.15, 0.2) is 0 Å². The summed E-state index contributed by atoms with van der Waals surface area (Å²) in [5, 5.41) is 7.04. The third kappa shape index (κ3) is 2.42. The second-order valence-electron chi connectivity index (χ2n) is 8.13. The summed E-state index contributed by atoms with van der Waals surface area (Å²) in [4.78, 5) is 32.4. The molecule has 0 aromatic carbocycles. The van der Waals surface area contributed by atoms with Crippen molar-refractivity contribution in [2.24, 2.45) is 29.6 Å². The van der Waals surface area contributed by atoms with Gasteiger partial charge < -0.3 is 15.6 Å². The van der Waals surface area contributed by atoms with E-state index in [0.29, 0.717) is 23.9 Å². The lowest BCUT2D eigenvalue weighted by Gasteiger charge is -2.21. The standard InChI is InChI=1S/C20H24N4O2/c1-2-13(24-20(26)16-11-6-14-15(7-11)17(14)16)9-23-19(25)12-5-10-3-4-21-18(10)22-8-12/h3-5,8,11,13-17H,2,6-7,9H2,1H3,(H,21,22)(H,23,25)(H,24,26)/t11?,13-,14?,15?,16?,17?/m1/s1. The van der Waals surface area contributed by atoms with Crippen LogP contribution in [0.5, 0.6) is 0 Å². The van der Waals surface area contributed by atoms with Crippen molar-refractivity contribution < 1.29 is 9.59 Å². The molecule has 0 saturated heterocycles. The largest absolute Gasteiger partial charge is 0.351 e. The van der Waals surface area contributed by atoms with Gasteiger partial charge in [-0.3, -0.25) is 9.59 Å². The first-order chi connectivity index (χ1) is 12.7. The number of nitrogens with zero attached hydrogens (tertiary/aromatic N) is 1. The van der Waals surface area contributed by atoms with Crippen molar-refractivity contribution >= 4 is 22.8 Å². The summed E-state index contributed by atoms with van der Waals surface area (Å²) in [7, 11) is 0. The van der Waals surface area contributed by atoms with Gasteiger partial charge in [-0.2, -0.15) is 0 Å². The first-order valence-corrected chi connectivity index (χ1v) is 9.67. The molecule has 3 unspecified atom stereocenters. The van der Waals surface area contributed by atoms with Crippen molar-refractivity contribution in [3.63, 3.8) is 0 Å². The molecule has 6 rings (SSSR count). The maximum absolute atomic E-state index is 12.7. The van der Waals surface area contributed by atoms with E-state index in [1.54, 1.807) is 12.4 Å². The van der Waals surface area contributed by atoms with Gasteiger partial charge in [-0.25, -0.2) is 4.98 Å². The molecule has 2 amide bonds. The quantitative estimate of drug-likeness (QED) is 0.744. The molecule has 0 spiro atoms. The molecule has 6 nitrogen and oxygen atoms in total. The molecule has 2 aromatic rings. The molecule has 4 aliphatic carbocycles. The Balaban J connectivity index is 1.18. The van der Waals surface area contributed by atoms with Gasteiger partial charge in [-0.1, -0.05) is 6.92 Å². The Morgan fingerprint density at radius 1 is 1.35 bits per heavy atom. The predicted octanol–water partition coefficient (Wildman–Crippen LogP) is 2.09. The molecule has 0 aliphatic heterocycles. The fourth-order valence-electron chi connectivity index (χ4n) is 5.44. The SMILES string of the molecule is CC[C@H](CNC(=O)c1cnc2[nH]ccc2c1)NC(=O)C1C2CC3C(C2)C31. The highest BCUT2D eigenvalue weighted by Crippen LogP contribution is 2.73. The number of aromatic nitrogens is 2. The fourth-order valence-corrected chi connectivity index (χ4v) is 5.44. The van der Waals surface area contributed by atoms with E-state index in [1.165, 1.54) is 12.8 Å². The van der Waals surface area contributed by atoms with Crippen LogP contribution in [0.15, 0.2) is 24.5 Å². The molecule has 4 bridgehead atoms. The normalized spacial score (nSPS) is 31.8. The summed E-state index contributed by atoms with van der Waals surface area (Å²) >= 11 is 0. The monoisotopic (exact) mass is 352 g/mol. The second kappa shape index (κ2) is 5.83. The Hall–Kier alpha value is -2.37. The Labute approximate surface area is 152 Å². The summed E-state index contributed by atoms with van der Waals surface area (Å²) in [6.07, 6.45) is 6.70. The average Bonchev–Trinajstić information content (AvgIpc) is 3.20. The zero-order chi connectivity index (χ0) is 17.8. The average molecular weight is 352 g/mol. The van der Waals surface area contributed by atoms with Gasteiger partial charge in [0.1, 0.15) is 5.65 Å². The lowest BCUT2D eigenvalue weighted by atomic mass is 9.97. The Kier molecular flexibility index (Phi) is 3.55. The lowest BCUT2D eigenvalue weighted by Crippen LogP contribution is -2.46. The van der Waals surface area contributed by atoms with E-state index in [0.717, 1.165) is 29.3 Å². The lowest BCUT2D eigenvalue weighted by molar-refractivity contribution is -0.126. The van der Waals surface area contributed by atoms with Gasteiger partial charge in [-0.15, -0.1) is 0 Å². The number of carbonyl (C=O) groups is 2. The highest BCUT2D eigenvalue weighted by Gasteiger charge is 2.70. The van der Waals surface area contributed by atoms with Crippen molar-refractivity contribution in [3.05, 3.63) is 30.1 Å². The minimum Gasteiger partial charge on any atom is -0.351 e. The molecular weight excluding hydrogens is 328 g/mol. The number of hydrogen-bond donors (Lipinski definition) is 3. The molecule has 4 atom stereocenters. The number of hydrogen-bond acceptors (Lipinski definition) is 3. The Morgan fingerprint density at radius 3 is 2.85 bits per heavy atom. The zero-order valence-corrected chi connectivity index (χ0v) is 14.9. The first-order valence-electron chi connectivity index (χ1n) is 9.67. The molecule has 26 heavy (non-hydrogen) atoms. The van der Waals surface area contributed by atoms with Crippen LogP contribution < -0.4 is 10.6 Å². The van der Waals surface area contributed by atoms with Crippen molar-refractivity contribution in [1.82, 2.24) is 20.6 Å². The van der Waals surface area contributed by atoms with Crippen LogP contribution in [0, 0.1) is 29.6 Å². The number of aromatic amines is 1. The van der Waals surface area contributed by atoms with E-state index >= 15 is 0 Å². The van der Waals surface area contributed by atoms with Crippen LogP contribution in [-0.4, -0.2) is 34.4 Å². The van der Waals surface area contributed by atoms with Gasteiger partial charge in [0.05, 0.1) is 5.56 Å². The van der Waals surface area contributed by atoms with Crippen molar-refractivity contribution in [2.75, 3.05) is 6.54 Å². The van der Waals surface area contributed by atoms with Crippen LogP contribution in [0.4, 0.5) is 0 Å². The van der Waals surface area contributed by atoms with E-state index in [-0.39, 0.29) is 23.8 Å². The van der Waals surface area contributed by atoms with E-state index in [2.05, 4.69) is 20.6 Å². The summed E-state index contributed by atoms with van der Waals surface area (Å²) in [5.41, 5.74) is 1.31. The van der Waals surface area contributed by atoms with Gasteiger partial charge >= 0.3 is 0 Å². The van der Waals surface area contributed by atoms with Crippen LogP contribution in [0.2, 0.25) is 0 Å². The molecule has 2 heterocycles. The summed E-state index contributed by atoms with van der Waals surface area (Å²) in [6, 6.07) is 3.70. The first kappa shape index (κ1) is 15.9. The summed E-state index contributed by atoms with van der Waals surface area (Å²) in [5.74, 6) is 3.23. The van der Waals surface area contributed by atoms with Gasteiger partial charge in [0.2, 0.25) is 5.91 Å².